The van der Waals surface area contributed by atoms with Gasteiger partial charge in [-0.25, -0.2) is 23.1 Å². The first kappa shape index (κ1) is 20.6. The first-order valence-corrected chi connectivity index (χ1v) is 10.2. The molecule has 1 aliphatic heterocycles. The molecule has 0 bridgehead atoms. The lowest BCUT2D eigenvalue weighted by atomic mass is 10.0. The lowest BCUT2D eigenvalue weighted by Gasteiger charge is -2.23. The smallest absolute Gasteiger partial charge is 0.306 e. The third-order valence-electron chi connectivity index (χ3n) is 5.10. The van der Waals surface area contributed by atoms with Crippen molar-refractivity contribution in [3.05, 3.63) is 95.4 Å². The maximum Gasteiger partial charge on any atom is 0.346 e. The average molecular weight is 445 g/mol. The minimum atomic E-state index is -0.704. The van der Waals surface area contributed by atoms with Gasteiger partial charge in [0.25, 0.3) is 0 Å². The van der Waals surface area contributed by atoms with E-state index in [2.05, 4.69) is 27.2 Å². The molecule has 33 heavy (non-hydrogen) atoms. The molecule has 7 nitrogen and oxygen atoms in total. The van der Waals surface area contributed by atoms with Crippen molar-refractivity contribution in [2.24, 2.45) is 0 Å². The number of halogens is 2. The zero-order valence-corrected chi connectivity index (χ0v) is 17.2. The average Bonchev–Trinajstić information content (AvgIpc) is 3.45. The Labute approximate surface area is 187 Å². The molecule has 0 spiro atoms. The van der Waals surface area contributed by atoms with E-state index in [1.54, 1.807) is 41.2 Å². The van der Waals surface area contributed by atoms with Crippen molar-refractivity contribution in [2.75, 3.05) is 11.9 Å². The van der Waals surface area contributed by atoms with Gasteiger partial charge in [-0.3, -0.25) is 4.84 Å². The fourth-order valence-electron chi connectivity index (χ4n) is 3.64. The highest BCUT2D eigenvalue weighted by molar-refractivity contribution is 5.89. The molecular weight excluding hydrogens is 428 g/mol. The van der Waals surface area contributed by atoms with Gasteiger partial charge in [0.2, 0.25) is 0 Å². The summed E-state index contributed by atoms with van der Waals surface area (Å²) in [6, 6.07) is 12.7. The van der Waals surface area contributed by atoms with Crippen LogP contribution in [-0.4, -0.2) is 32.3 Å². The van der Waals surface area contributed by atoms with Gasteiger partial charge in [-0.05, 0) is 53.9 Å². The Hall–Kier alpha value is -4.29. The van der Waals surface area contributed by atoms with E-state index in [0.717, 1.165) is 11.1 Å². The van der Waals surface area contributed by atoms with Crippen molar-refractivity contribution < 1.29 is 18.4 Å². The van der Waals surface area contributed by atoms with Gasteiger partial charge in [-0.15, -0.1) is 0 Å². The van der Waals surface area contributed by atoms with Gasteiger partial charge in [-0.2, -0.15) is 10.2 Å². The third-order valence-corrected chi connectivity index (χ3v) is 5.10. The maximum atomic E-state index is 13.6. The largest absolute Gasteiger partial charge is 0.346 e. The number of imidazole rings is 1. The van der Waals surface area contributed by atoms with Crippen LogP contribution >= 0.6 is 0 Å². The van der Waals surface area contributed by atoms with Crippen LogP contribution in [0.15, 0.2) is 67.0 Å². The van der Waals surface area contributed by atoms with Crippen molar-refractivity contribution in [1.82, 2.24) is 19.7 Å². The van der Waals surface area contributed by atoms with Crippen LogP contribution in [0.25, 0.3) is 5.65 Å². The van der Waals surface area contributed by atoms with Crippen LogP contribution < -0.4 is 5.32 Å². The molecule has 1 fully saturated rings. The van der Waals surface area contributed by atoms with Crippen molar-refractivity contribution in [3.63, 3.8) is 0 Å². The summed E-state index contributed by atoms with van der Waals surface area (Å²) in [5, 5.41) is 8.09. The summed E-state index contributed by atoms with van der Waals surface area (Å²) in [5.74, 6) is 4.66. The van der Waals surface area contributed by atoms with Gasteiger partial charge in [0.1, 0.15) is 17.3 Å². The maximum absolute atomic E-state index is 13.6. The zero-order chi connectivity index (χ0) is 22.8. The number of anilines is 1. The van der Waals surface area contributed by atoms with Crippen molar-refractivity contribution in [1.29, 1.82) is 0 Å². The molecule has 0 saturated carbocycles. The summed E-state index contributed by atoms with van der Waals surface area (Å²) >= 11 is 0. The quantitative estimate of drug-likeness (QED) is 0.467. The number of hydroxylamine groups is 2. The molecule has 0 radical (unpaired) electrons. The minimum Gasteiger partial charge on any atom is -0.306 e. The van der Waals surface area contributed by atoms with Crippen LogP contribution in [0.3, 0.4) is 0 Å². The van der Waals surface area contributed by atoms with Crippen LogP contribution in [0.1, 0.15) is 29.3 Å². The molecule has 0 unspecified atom stereocenters. The van der Waals surface area contributed by atoms with Gasteiger partial charge in [0.05, 0.1) is 18.8 Å². The predicted octanol–water partition coefficient (Wildman–Crippen LogP) is 4.32. The number of hydrogen-bond donors (Lipinski definition) is 1. The highest BCUT2D eigenvalue weighted by Gasteiger charge is 2.32. The molecule has 3 heterocycles. The Morgan fingerprint density at radius 1 is 1.09 bits per heavy atom. The van der Waals surface area contributed by atoms with E-state index in [1.165, 1.54) is 12.1 Å². The molecular formula is C24H17F2N5O2. The van der Waals surface area contributed by atoms with Crippen LogP contribution in [0.2, 0.25) is 0 Å². The monoisotopic (exact) mass is 445 g/mol. The topological polar surface area (TPSA) is 71.8 Å². The van der Waals surface area contributed by atoms with Crippen LogP contribution in [-0.2, 0) is 4.84 Å². The molecule has 0 aliphatic carbocycles. The first-order valence-electron chi connectivity index (χ1n) is 10.2. The normalized spacial score (nSPS) is 15.3. The van der Waals surface area contributed by atoms with Gasteiger partial charge in [0.15, 0.2) is 5.65 Å². The summed E-state index contributed by atoms with van der Waals surface area (Å²) < 4.78 is 28.9. The number of carbonyl (C=O) groups excluding carboxylic acids is 1. The van der Waals surface area contributed by atoms with E-state index in [9.17, 15) is 13.6 Å². The highest BCUT2D eigenvalue weighted by atomic mass is 19.1. The standard InChI is InChI=1S/C24H17F2N5O2/c25-18-12-17(13-19(26)14-18)22-8-10-33-31(22)24(32)29-20-4-1-3-16(11-20)6-7-21-15-27-23-5-2-9-28-30(21)23/h1-5,9,11-15,22H,8,10H2,(H,29,32)/t22-/m0/s1. The summed E-state index contributed by atoms with van der Waals surface area (Å²) in [4.78, 5) is 22.5. The molecule has 1 saturated heterocycles. The van der Waals surface area contributed by atoms with Gasteiger partial charge < -0.3 is 5.32 Å². The van der Waals surface area contributed by atoms with E-state index in [-0.39, 0.29) is 6.61 Å². The predicted molar refractivity (Wildman–Crippen MR) is 116 cm³/mol. The number of hydrogen-bond acceptors (Lipinski definition) is 4. The zero-order valence-electron chi connectivity index (χ0n) is 17.2. The van der Waals surface area contributed by atoms with Crippen LogP contribution in [0.5, 0.6) is 0 Å². The fourth-order valence-corrected chi connectivity index (χ4v) is 3.64. The SMILES string of the molecule is O=C(Nc1cccc(C#Cc2cnc3cccnn23)c1)N1OCC[C@H]1c1cc(F)cc(F)c1. The van der Waals surface area contributed by atoms with Crippen molar-refractivity contribution in [3.8, 4) is 11.8 Å². The highest BCUT2D eigenvalue weighted by Crippen LogP contribution is 2.31. The molecule has 2 aromatic heterocycles. The lowest BCUT2D eigenvalue weighted by molar-refractivity contribution is -0.0830. The summed E-state index contributed by atoms with van der Waals surface area (Å²) in [7, 11) is 0. The molecule has 2 amide bonds. The second-order valence-corrected chi connectivity index (χ2v) is 7.36. The Balaban J connectivity index is 1.33. The molecule has 9 heteroatoms. The molecule has 4 aromatic rings. The Bertz CT molecular complexity index is 1390. The number of aromatic nitrogens is 3. The first-order chi connectivity index (χ1) is 16.1. The van der Waals surface area contributed by atoms with Crippen molar-refractivity contribution in [2.45, 2.75) is 12.5 Å². The van der Waals surface area contributed by atoms with Crippen LogP contribution in [0.4, 0.5) is 19.3 Å². The number of rotatable bonds is 2. The number of fused-ring (bicyclic) bond motifs is 1. The summed E-state index contributed by atoms with van der Waals surface area (Å²) in [5.41, 5.74) is 2.84. The number of nitrogens with zero attached hydrogens (tertiary/aromatic N) is 4. The third kappa shape index (κ3) is 4.37. The fraction of sp³-hybridized carbons (Fsp3) is 0.125. The minimum absolute atomic E-state index is 0.259. The molecule has 1 aliphatic rings. The number of urea groups is 1. The van der Waals surface area contributed by atoms with Crippen LogP contribution in [0, 0.1) is 23.5 Å². The van der Waals surface area contributed by atoms with E-state index >= 15 is 0 Å². The molecule has 164 valence electrons. The van der Waals surface area contributed by atoms with E-state index < -0.39 is 23.7 Å². The molecule has 5 rings (SSSR count). The van der Waals surface area contributed by atoms with E-state index in [4.69, 9.17) is 4.84 Å². The molecule has 1 N–H and O–H groups in total. The van der Waals surface area contributed by atoms with Gasteiger partial charge >= 0.3 is 6.03 Å². The number of nitrogens with one attached hydrogen (secondary N) is 1. The molecule has 2 aromatic carbocycles. The summed E-state index contributed by atoms with van der Waals surface area (Å²) in [6.45, 7) is 0.259. The Kier molecular flexibility index (Phi) is 5.42. The van der Waals surface area contributed by atoms with E-state index in [0.29, 0.717) is 34.6 Å². The number of amides is 2. The lowest BCUT2D eigenvalue weighted by Crippen LogP contribution is -2.33. The number of carbonyl (C=O) groups is 1. The van der Waals surface area contributed by atoms with Gasteiger partial charge in [0, 0.05) is 29.9 Å². The van der Waals surface area contributed by atoms with Crippen molar-refractivity contribution >= 4 is 17.4 Å². The Morgan fingerprint density at radius 2 is 1.94 bits per heavy atom. The van der Waals surface area contributed by atoms with E-state index in [1.807, 2.05) is 12.1 Å². The number of benzene rings is 2. The second-order valence-electron chi connectivity index (χ2n) is 7.36. The van der Waals surface area contributed by atoms with Gasteiger partial charge in [-0.1, -0.05) is 12.0 Å². The summed E-state index contributed by atoms with van der Waals surface area (Å²) in [6.07, 6.45) is 3.72. The second kappa shape index (κ2) is 8.68. The Morgan fingerprint density at radius 3 is 2.79 bits per heavy atom. The molecule has 1 atom stereocenters.